The number of aryl methyl sites for hydroxylation is 1. The first-order valence-electron chi connectivity index (χ1n) is 21.8. The van der Waals surface area contributed by atoms with Crippen LogP contribution in [0.25, 0.3) is 17.2 Å². The molecule has 0 fully saturated rings. The van der Waals surface area contributed by atoms with Crippen molar-refractivity contribution >= 4 is 22.9 Å². The van der Waals surface area contributed by atoms with Gasteiger partial charge in [0.25, 0.3) is 5.52 Å². The van der Waals surface area contributed by atoms with Gasteiger partial charge in [0.2, 0.25) is 11.5 Å². The zero-order valence-electron chi connectivity index (χ0n) is 33.7. The second-order valence-corrected chi connectivity index (χ2v) is 14.9. The lowest BCUT2D eigenvalue weighted by molar-refractivity contribution is -0.678. The monoisotopic (exact) mass is 730 g/mol. The number of ether oxygens (including phenoxy) is 3. The first-order valence-corrected chi connectivity index (χ1v) is 21.8. The van der Waals surface area contributed by atoms with Gasteiger partial charge in [0.1, 0.15) is 0 Å². The molecule has 6 nitrogen and oxygen atoms in total. The average Bonchev–Trinajstić information content (AvgIpc) is 3.72. The lowest BCUT2D eigenvalue weighted by Crippen LogP contribution is -2.35. The van der Waals surface area contributed by atoms with E-state index in [-0.39, 0.29) is 0 Å². The van der Waals surface area contributed by atoms with E-state index >= 15 is 0 Å². The molecule has 2 heterocycles. The third-order valence-corrected chi connectivity index (χ3v) is 10.4. The second-order valence-electron chi connectivity index (χ2n) is 14.9. The Morgan fingerprint density at radius 1 is 0.585 bits per heavy atom. The van der Waals surface area contributed by atoms with Crippen molar-refractivity contribution in [1.29, 1.82) is 0 Å². The Hall–Kier alpha value is -3.09. The molecule has 0 saturated carbocycles. The highest BCUT2D eigenvalue weighted by molar-refractivity contribution is 5.70. The number of aromatic nitrogens is 1. The van der Waals surface area contributed by atoms with Gasteiger partial charge in [-0.05, 0) is 49.6 Å². The first kappa shape index (κ1) is 42.6. The van der Waals surface area contributed by atoms with Gasteiger partial charge in [-0.25, -0.2) is 0 Å². The minimum absolute atomic E-state index is 0.765. The van der Waals surface area contributed by atoms with Gasteiger partial charge in [-0.15, -0.1) is 0 Å². The van der Waals surface area contributed by atoms with E-state index in [0.29, 0.717) is 0 Å². The maximum atomic E-state index is 6.31. The van der Waals surface area contributed by atoms with Gasteiger partial charge in [0.15, 0.2) is 12.3 Å². The molecule has 0 saturated heterocycles. The maximum absolute atomic E-state index is 6.31. The van der Waals surface area contributed by atoms with E-state index in [2.05, 4.69) is 59.7 Å². The zero-order chi connectivity index (χ0) is 37.0. The number of oxazole rings is 1. The van der Waals surface area contributed by atoms with Gasteiger partial charge in [0.05, 0.1) is 18.4 Å². The number of unbranched alkanes of at least 4 members (excludes halogenated alkanes) is 18. The summed E-state index contributed by atoms with van der Waals surface area (Å²) in [7, 11) is 0. The summed E-state index contributed by atoms with van der Waals surface area (Å²) < 4.78 is 27.0. The van der Waals surface area contributed by atoms with Crippen molar-refractivity contribution < 1.29 is 23.2 Å². The third kappa shape index (κ3) is 16.4. The summed E-state index contributed by atoms with van der Waals surface area (Å²) in [5.41, 5.74) is 3.12. The van der Waals surface area contributed by atoms with E-state index < -0.39 is 0 Å². The number of fused-ring (bicyclic) bond motifs is 2. The van der Waals surface area contributed by atoms with E-state index in [9.17, 15) is 0 Å². The largest absolute Gasteiger partial charge is 0.439 e. The number of rotatable bonds is 32. The van der Waals surface area contributed by atoms with Crippen molar-refractivity contribution in [3.05, 3.63) is 72.5 Å². The molecule has 294 valence electrons. The molecule has 53 heavy (non-hydrogen) atoms. The first-order chi connectivity index (χ1) is 26.3. The molecule has 0 amide bonds. The van der Waals surface area contributed by atoms with Crippen LogP contribution in [0.5, 0.6) is 5.75 Å². The van der Waals surface area contributed by atoms with Crippen LogP contribution in [0.15, 0.2) is 71.0 Å². The molecule has 0 bridgehead atoms. The number of nitrogens with zero attached hydrogens (tertiary/aromatic N) is 2. The van der Waals surface area contributed by atoms with Crippen molar-refractivity contribution in [1.82, 2.24) is 0 Å². The molecule has 1 aliphatic rings. The predicted octanol–water partition coefficient (Wildman–Crippen LogP) is 13.1. The van der Waals surface area contributed by atoms with Gasteiger partial charge in [-0.3, -0.25) is 0 Å². The van der Waals surface area contributed by atoms with E-state index in [1.165, 1.54) is 116 Å². The molecule has 4 rings (SSSR count). The summed E-state index contributed by atoms with van der Waals surface area (Å²) in [6, 6.07) is 16.6. The molecule has 0 spiro atoms. The molecule has 3 aromatic rings. The molecule has 6 heteroatoms. The Bertz CT molecular complexity index is 1430. The predicted molar refractivity (Wildman–Crippen MR) is 223 cm³/mol. The highest BCUT2D eigenvalue weighted by atomic mass is 16.5. The van der Waals surface area contributed by atoms with Crippen molar-refractivity contribution in [2.24, 2.45) is 0 Å². The Kier molecular flexibility index (Phi) is 22.1. The average molecular weight is 730 g/mol. The Labute approximate surface area is 323 Å². The lowest BCUT2D eigenvalue weighted by Gasteiger charge is -2.18. The van der Waals surface area contributed by atoms with Crippen LogP contribution in [0.4, 0.5) is 5.69 Å². The zero-order valence-corrected chi connectivity index (χ0v) is 33.7. The van der Waals surface area contributed by atoms with E-state index in [4.69, 9.17) is 18.6 Å². The van der Waals surface area contributed by atoms with E-state index in [1.807, 2.05) is 30.3 Å². The summed E-state index contributed by atoms with van der Waals surface area (Å²) in [6.07, 6.45) is 35.0. The van der Waals surface area contributed by atoms with Crippen LogP contribution in [0, 0.1) is 0 Å². The van der Waals surface area contributed by atoms with Crippen LogP contribution in [0.2, 0.25) is 0 Å². The summed E-state index contributed by atoms with van der Waals surface area (Å²) in [6.45, 7) is 9.51. The Morgan fingerprint density at radius 2 is 1.11 bits per heavy atom. The van der Waals surface area contributed by atoms with Gasteiger partial charge >= 0.3 is 5.89 Å². The molecule has 2 aromatic carbocycles. The smallest absolute Gasteiger partial charge is 0.374 e. The number of allylic oxidation sites excluding steroid dienone is 2. The molecule has 1 aromatic heterocycles. The van der Waals surface area contributed by atoms with Crippen LogP contribution in [0.1, 0.15) is 161 Å². The summed E-state index contributed by atoms with van der Waals surface area (Å²) in [5.74, 6) is 2.57. The van der Waals surface area contributed by atoms with Gasteiger partial charge in [-0.2, -0.15) is 4.57 Å². The summed E-state index contributed by atoms with van der Waals surface area (Å²) in [5, 5.41) is 0. The molecule has 0 unspecified atom stereocenters. The Morgan fingerprint density at radius 3 is 1.75 bits per heavy atom. The SMILES string of the molecule is CCCCCCCCCCCCOCCCN1C(=CC=Cc2oc3ccccc3[n+]2CCCOCCCCCCCCCCCC)Oc2ccccc21. The molecular weight excluding hydrogens is 657 g/mol. The van der Waals surface area contributed by atoms with Crippen molar-refractivity contribution in [2.45, 2.75) is 162 Å². The van der Waals surface area contributed by atoms with Crippen LogP contribution in [-0.2, 0) is 16.0 Å². The highest BCUT2D eigenvalue weighted by Gasteiger charge is 2.25. The summed E-state index contributed by atoms with van der Waals surface area (Å²) in [4.78, 5) is 2.27. The fourth-order valence-electron chi connectivity index (χ4n) is 7.26. The van der Waals surface area contributed by atoms with Crippen molar-refractivity contribution in [3.8, 4) is 5.75 Å². The topological polar surface area (TPSA) is 48.0 Å². The summed E-state index contributed by atoms with van der Waals surface area (Å²) >= 11 is 0. The maximum Gasteiger partial charge on any atom is 0.374 e. The fraction of sp³-hybridized carbons (Fsp3) is 0.638. The van der Waals surface area contributed by atoms with E-state index in [1.54, 1.807) is 0 Å². The fourth-order valence-corrected chi connectivity index (χ4v) is 7.26. The van der Waals surface area contributed by atoms with Crippen LogP contribution < -0.4 is 14.2 Å². The molecule has 0 radical (unpaired) electrons. The van der Waals surface area contributed by atoms with Gasteiger partial charge in [-0.1, -0.05) is 154 Å². The number of hydrogen-bond acceptors (Lipinski definition) is 5. The van der Waals surface area contributed by atoms with Gasteiger partial charge < -0.3 is 23.5 Å². The minimum Gasteiger partial charge on any atom is -0.439 e. The van der Waals surface area contributed by atoms with Crippen molar-refractivity contribution in [3.63, 3.8) is 0 Å². The van der Waals surface area contributed by atoms with Crippen LogP contribution in [-0.4, -0.2) is 33.0 Å². The molecule has 0 atom stereocenters. The highest BCUT2D eigenvalue weighted by Crippen LogP contribution is 2.38. The quantitative estimate of drug-likeness (QED) is 0.0473. The number of hydrogen-bond donors (Lipinski definition) is 0. The molecule has 0 N–H and O–H groups in total. The number of benzene rings is 2. The van der Waals surface area contributed by atoms with Crippen LogP contribution in [0.3, 0.4) is 0 Å². The lowest BCUT2D eigenvalue weighted by atomic mass is 10.1. The van der Waals surface area contributed by atoms with Gasteiger partial charge in [0, 0.05) is 38.9 Å². The Balaban J connectivity index is 1.17. The normalized spacial score (nSPS) is 13.5. The number of anilines is 1. The van der Waals surface area contributed by atoms with Crippen LogP contribution >= 0.6 is 0 Å². The molecule has 1 aliphatic heterocycles. The second kappa shape index (κ2) is 27.5. The molecular formula is C47H73N2O4+. The third-order valence-electron chi connectivity index (χ3n) is 10.4. The minimum atomic E-state index is 0.765. The van der Waals surface area contributed by atoms with Crippen molar-refractivity contribution in [2.75, 3.05) is 37.9 Å². The molecule has 0 aliphatic carbocycles. The number of para-hydroxylation sites is 4. The standard InChI is InChI=1S/C47H73N2O4/c1-3-5-7-9-11-13-15-17-19-25-38-50-40-28-36-48-42-30-21-23-32-44(42)52-46(48)34-27-35-47-49(43-31-22-24-33-45(43)53-47)37-29-41-51-39-26-20-18-16-14-12-10-8-6-4-2/h21-24,27,30-35H,3-20,25-26,28-29,36-41H2,1-2H3/q+1. The van der Waals surface area contributed by atoms with E-state index in [0.717, 1.165) is 99.5 Å².